The van der Waals surface area contributed by atoms with Crippen molar-refractivity contribution in [1.29, 1.82) is 0 Å². The van der Waals surface area contributed by atoms with E-state index >= 15 is 0 Å². The van der Waals surface area contributed by atoms with Gasteiger partial charge in [0.25, 0.3) is 0 Å². The van der Waals surface area contributed by atoms with Gasteiger partial charge in [-0.05, 0) is 74.1 Å². The van der Waals surface area contributed by atoms with Crippen LogP contribution in [0.3, 0.4) is 0 Å². The van der Waals surface area contributed by atoms with Gasteiger partial charge in [0.15, 0.2) is 0 Å². The van der Waals surface area contributed by atoms with Crippen LogP contribution < -0.4 is 0 Å². The molecule has 1 aromatic rings. The molecule has 0 spiro atoms. The Morgan fingerprint density at radius 1 is 1.16 bits per heavy atom. The first kappa shape index (κ1) is 25.3. The van der Waals surface area contributed by atoms with Gasteiger partial charge in [0.2, 0.25) is 0 Å². The van der Waals surface area contributed by atoms with E-state index in [1.165, 1.54) is 19.3 Å². The number of esters is 1. The first-order valence-corrected chi connectivity index (χ1v) is 12.1. The van der Waals surface area contributed by atoms with Crippen LogP contribution in [0.25, 0.3) is 5.57 Å². The lowest BCUT2D eigenvalue weighted by Gasteiger charge is -2.30. The highest BCUT2D eigenvalue weighted by molar-refractivity contribution is 5.84. The van der Waals surface area contributed by atoms with Crippen LogP contribution >= 0.6 is 0 Å². The maximum atomic E-state index is 12.4. The second kappa shape index (κ2) is 11.1. The van der Waals surface area contributed by atoms with Crippen LogP contribution in [-0.2, 0) is 14.9 Å². The second-order valence-corrected chi connectivity index (χ2v) is 9.91. The third kappa shape index (κ3) is 6.27. The van der Waals surface area contributed by atoms with E-state index in [4.69, 9.17) is 4.74 Å². The quantitative estimate of drug-likeness (QED) is 0.306. The molecule has 0 bridgehead atoms. The van der Waals surface area contributed by atoms with Crippen molar-refractivity contribution in [3.05, 3.63) is 28.8 Å². The molecule has 2 rings (SSSR count). The van der Waals surface area contributed by atoms with Crippen molar-refractivity contribution >= 4 is 11.5 Å². The van der Waals surface area contributed by atoms with Crippen molar-refractivity contribution in [2.24, 2.45) is 11.8 Å². The molecule has 0 saturated heterocycles. The number of phenolic OH excluding ortho intramolecular Hbond substituents is 2. The minimum absolute atomic E-state index is 0.106. The molecule has 4 heteroatoms. The monoisotopic (exact) mass is 430 g/mol. The Kier molecular flexibility index (Phi) is 9.02. The molecule has 1 aliphatic carbocycles. The van der Waals surface area contributed by atoms with Gasteiger partial charge in [-0.1, -0.05) is 59.0 Å². The fourth-order valence-corrected chi connectivity index (χ4v) is 4.73. The maximum Gasteiger partial charge on any atom is 0.312 e. The van der Waals surface area contributed by atoms with Crippen molar-refractivity contribution in [2.45, 2.75) is 98.3 Å². The zero-order chi connectivity index (χ0) is 23.2. The van der Waals surface area contributed by atoms with E-state index in [9.17, 15) is 15.0 Å². The zero-order valence-electron chi connectivity index (χ0n) is 20.4. The average molecular weight is 431 g/mol. The van der Waals surface area contributed by atoms with Crippen LogP contribution in [0.5, 0.6) is 11.5 Å². The summed E-state index contributed by atoms with van der Waals surface area (Å²) in [5.74, 6) is 0.0227. The normalized spacial score (nSPS) is 18.2. The third-order valence-electron chi connectivity index (χ3n) is 6.84. The Morgan fingerprint density at radius 3 is 2.39 bits per heavy atom. The summed E-state index contributed by atoms with van der Waals surface area (Å²) in [6.45, 7) is 12.7. The number of hydrogen-bond donors (Lipinski definition) is 2. The topological polar surface area (TPSA) is 66.8 Å². The fourth-order valence-electron chi connectivity index (χ4n) is 4.73. The van der Waals surface area contributed by atoms with E-state index < -0.39 is 0 Å². The molecule has 0 aromatic heterocycles. The number of allylic oxidation sites excluding steroid dienone is 1. The van der Waals surface area contributed by atoms with Crippen molar-refractivity contribution in [1.82, 2.24) is 0 Å². The van der Waals surface area contributed by atoms with Gasteiger partial charge >= 0.3 is 5.97 Å². The molecule has 2 N–H and O–H groups in total. The van der Waals surface area contributed by atoms with Gasteiger partial charge in [0.1, 0.15) is 11.5 Å². The molecule has 0 radical (unpaired) electrons. The molecule has 1 aromatic carbocycles. The van der Waals surface area contributed by atoms with E-state index in [0.717, 1.165) is 48.8 Å². The Bertz CT molecular complexity index is 767. The van der Waals surface area contributed by atoms with Crippen LogP contribution in [0.2, 0.25) is 0 Å². The van der Waals surface area contributed by atoms with Gasteiger partial charge in [-0.3, -0.25) is 4.79 Å². The Balaban J connectivity index is 2.42. The summed E-state index contributed by atoms with van der Waals surface area (Å²) < 4.78 is 5.25. The number of carbonyl (C=O) groups excluding carboxylic acids is 1. The summed E-state index contributed by atoms with van der Waals surface area (Å²) >= 11 is 0. The van der Waals surface area contributed by atoms with Crippen LogP contribution in [-0.4, -0.2) is 22.8 Å². The van der Waals surface area contributed by atoms with E-state index in [1.54, 1.807) is 0 Å². The van der Waals surface area contributed by atoms with Gasteiger partial charge in [-0.15, -0.1) is 0 Å². The lowest BCUT2D eigenvalue weighted by Crippen LogP contribution is -2.21. The standard InChI is InChI=1S/C27H42O4/c1-7-9-10-11-14-27(5,6)20-16-23(28)25(24(29)17-20)22-15-18(3)12-13-21(22)19(4)26(30)31-8-2/h16-19,28-29H,7-15H2,1-6H3. The van der Waals surface area contributed by atoms with Crippen LogP contribution in [0, 0.1) is 11.8 Å². The number of unbranched alkanes of at least 4 members (excludes halogenated alkanes) is 3. The fraction of sp³-hybridized carbons (Fsp3) is 0.667. The molecule has 0 aliphatic heterocycles. The summed E-state index contributed by atoms with van der Waals surface area (Å²) in [6.07, 6.45) is 8.29. The number of aromatic hydroxyl groups is 2. The first-order valence-electron chi connectivity index (χ1n) is 12.1. The molecule has 0 heterocycles. The predicted octanol–water partition coefficient (Wildman–Crippen LogP) is 7.12. The number of benzene rings is 1. The second-order valence-electron chi connectivity index (χ2n) is 9.91. The number of hydrogen-bond acceptors (Lipinski definition) is 4. The number of phenols is 2. The SMILES string of the molecule is CCCCCCC(C)(C)c1cc(O)c(C2=C(C(C)C(=O)OCC)CCC(C)C2)c(O)c1. The lowest BCUT2D eigenvalue weighted by atomic mass is 9.75. The van der Waals surface area contributed by atoms with E-state index in [0.29, 0.717) is 18.1 Å². The lowest BCUT2D eigenvalue weighted by molar-refractivity contribution is -0.146. The molecule has 0 saturated carbocycles. The predicted molar refractivity (Wildman–Crippen MR) is 127 cm³/mol. The summed E-state index contributed by atoms with van der Waals surface area (Å²) in [5.41, 5.74) is 3.20. The van der Waals surface area contributed by atoms with E-state index in [1.807, 2.05) is 26.0 Å². The van der Waals surface area contributed by atoms with Gasteiger partial charge < -0.3 is 14.9 Å². The molecule has 2 unspecified atom stereocenters. The Labute approximate surface area is 188 Å². The van der Waals surface area contributed by atoms with Gasteiger partial charge in [0, 0.05) is 0 Å². The molecule has 4 nitrogen and oxygen atoms in total. The first-order chi connectivity index (χ1) is 14.6. The maximum absolute atomic E-state index is 12.4. The number of rotatable bonds is 10. The van der Waals surface area contributed by atoms with Crippen molar-refractivity contribution in [2.75, 3.05) is 6.61 Å². The summed E-state index contributed by atoms with van der Waals surface area (Å²) in [4.78, 5) is 12.4. The van der Waals surface area contributed by atoms with Crippen molar-refractivity contribution in [3.63, 3.8) is 0 Å². The van der Waals surface area contributed by atoms with Crippen molar-refractivity contribution < 1.29 is 19.7 Å². The average Bonchev–Trinajstić information content (AvgIpc) is 2.70. The molecule has 0 amide bonds. The van der Waals surface area contributed by atoms with Crippen LogP contribution in [0.1, 0.15) is 104 Å². The molecular formula is C27H42O4. The van der Waals surface area contributed by atoms with Gasteiger partial charge in [-0.25, -0.2) is 0 Å². The van der Waals surface area contributed by atoms with Crippen LogP contribution in [0.4, 0.5) is 0 Å². The molecule has 0 fully saturated rings. The highest BCUT2D eigenvalue weighted by atomic mass is 16.5. The van der Waals surface area contributed by atoms with Crippen LogP contribution in [0.15, 0.2) is 17.7 Å². The largest absolute Gasteiger partial charge is 0.507 e. The van der Waals surface area contributed by atoms with E-state index in [-0.39, 0.29) is 28.8 Å². The molecule has 2 atom stereocenters. The minimum Gasteiger partial charge on any atom is -0.507 e. The summed E-state index contributed by atoms with van der Waals surface area (Å²) in [5, 5.41) is 22.0. The van der Waals surface area contributed by atoms with E-state index in [2.05, 4.69) is 27.7 Å². The summed E-state index contributed by atoms with van der Waals surface area (Å²) in [6, 6.07) is 3.63. The van der Waals surface area contributed by atoms with Crippen molar-refractivity contribution in [3.8, 4) is 11.5 Å². The molecule has 1 aliphatic rings. The summed E-state index contributed by atoms with van der Waals surface area (Å²) in [7, 11) is 0. The van der Waals surface area contributed by atoms with Gasteiger partial charge in [-0.2, -0.15) is 0 Å². The Morgan fingerprint density at radius 2 is 1.81 bits per heavy atom. The zero-order valence-corrected chi connectivity index (χ0v) is 20.4. The van der Waals surface area contributed by atoms with Gasteiger partial charge in [0.05, 0.1) is 18.1 Å². The minimum atomic E-state index is -0.379. The third-order valence-corrected chi connectivity index (χ3v) is 6.84. The number of carbonyl (C=O) groups is 1. The highest BCUT2D eigenvalue weighted by Gasteiger charge is 2.31. The Hall–Kier alpha value is -1.97. The smallest absolute Gasteiger partial charge is 0.312 e. The number of ether oxygens (including phenoxy) is 1. The molecule has 31 heavy (non-hydrogen) atoms. The molecule has 174 valence electrons. The highest BCUT2D eigenvalue weighted by Crippen LogP contribution is 2.47. The molecular weight excluding hydrogens is 388 g/mol.